The molecule has 4 N–H and O–H groups in total. The second kappa shape index (κ2) is 7.01. The molecule has 0 bridgehead atoms. The number of ether oxygens (including phenoxy) is 1. The Hall–Kier alpha value is -2.51. The fourth-order valence-electron chi connectivity index (χ4n) is 3.35. The summed E-state index contributed by atoms with van der Waals surface area (Å²) < 4.78 is 5.21. The molecular weight excluding hydrogens is 328 g/mol. The molecule has 0 spiro atoms. The number of benzene rings is 1. The van der Waals surface area contributed by atoms with E-state index < -0.39 is 0 Å². The standard InChI is InChI=1S/C19H24N6O/c1-11-3-4-14-16(5-11)24-18(22-14)9-21-17-8-15(12-6-13(20)7-12)23-19(25-17)10-26-2/h3-5,8,12-13H,6-7,9-10,20H2,1-2H3,(H,22,24)(H,21,23,25). The van der Waals surface area contributed by atoms with E-state index in [2.05, 4.69) is 44.3 Å². The van der Waals surface area contributed by atoms with Crippen LogP contribution in [0.5, 0.6) is 0 Å². The third-order valence-electron chi connectivity index (χ3n) is 4.78. The monoisotopic (exact) mass is 352 g/mol. The Balaban J connectivity index is 1.52. The van der Waals surface area contributed by atoms with Crippen LogP contribution in [-0.4, -0.2) is 33.1 Å². The number of imidazole rings is 1. The minimum Gasteiger partial charge on any atom is -0.377 e. The summed E-state index contributed by atoms with van der Waals surface area (Å²) in [4.78, 5) is 17.1. The summed E-state index contributed by atoms with van der Waals surface area (Å²) >= 11 is 0. The molecule has 1 aliphatic carbocycles. The van der Waals surface area contributed by atoms with Gasteiger partial charge in [0.25, 0.3) is 0 Å². The van der Waals surface area contributed by atoms with Crippen LogP contribution in [0, 0.1) is 6.92 Å². The van der Waals surface area contributed by atoms with Gasteiger partial charge in [-0.1, -0.05) is 6.07 Å². The van der Waals surface area contributed by atoms with Crippen LogP contribution >= 0.6 is 0 Å². The Bertz CT molecular complexity index is 916. The van der Waals surface area contributed by atoms with Gasteiger partial charge in [-0.3, -0.25) is 0 Å². The molecule has 1 saturated carbocycles. The molecule has 2 heterocycles. The molecule has 7 heteroatoms. The first-order valence-corrected chi connectivity index (χ1v) is 8.92. The average Bonchev–Trinajstić information content (AvgIpc) is 2.99. The first-order valence-electron chi connectivity index (χ1n) is 8.92. The molecular formula is C19H24N6O. The molecule has 136 valence electrons. The second-order valence-corrected chi connectivity index (χ2v) is 7.01. The van der Waals surface area contributed by atoms with Crippen LogP contribution in [0.2, 0.25) is 0 Å². The zero-order chi connectivity index (χ0) is 18.1. The molecule has 3 aromatic rings. The fraction of sp³-hybridized carbons (Fsp3) is 0.421. The highest BCUT2D eigenvalue weighted by Gasteiger charge is 2.29. The topological polar surface area (TPSA) is 102 Å². The highest BCUT2D eigenvalue weighted by Crippen LogP contribution is 2.35. The van der Waals surface area contributed by atoms with E-state index in [1.54, 1.807) is 7.11 Å². The van der Waals surface area contributed by atoms with Gasteiger partial charge in [0.1, 0.15) is 18.2 Å². The van der Waals surface area contributed by atoms with Gasteiger partial charge < -0.3 is 20.8 Å². The first kappa shape index (κ1) is 16.9. The molecule has 1 aromatic carbocycles. The molecule has 4 rings (SSSR count). The zero-order valence-electron chi connectivity index (χ0n) is 15.1. The fourth-order valence-corrected chi connectivity index (χ4v) is 3.35. The molecule has 0 atom stereocenters. The average molecular weight is 352 g/mol. The van der Waals surface area contributed by atoms with Crippen LogP contribution in [0.25, 0.3) is 11.0 Å². The molecule has 7 nitrogen and oxygen atoms in total. The molecule has 0 unspecified atom stereocenters. The number of H-pyrrole nitrogens is 1. The number of aromatic amines is 1. The largest absolute Gasteiger partial charge is 0.377 e. The van der Waals surface area contributed by atoms with Crippen molar-refractivity contribution in [2.45, 2.75) is 44.9 Å². The number of nitrogens with zero attached hydrogens (tertiary/aromatic N) is 3. The first-order chi connectivity index (χ1) is 12.6. The number of aryl methyl sites for hydroxylation is 1. The minimum atomic E-state index is 0.288. The normalized spacial score (nSPS) is 19.5. The van der Waals surface area contributed by atoms with Crippen molar-refractivity contribution in [3.8, 4) is 0 Å². The molecule has 1 aliphatic rings. The minimum absolute atomic E-state index is 0.288. The third kappa shape index (κ3) is 3.54. The van der Waals surface area contributed by atoms with E-state index in [1.165, 1.54) is 5.56 Å². The SMILES string of the molecule is COCc1nc(NCc2nc3ccc(C)cc3[nH]2)cc(C2CC(N)C2)n1. The lowest BCUT2D eigenvalue weighted by Gasteiger charge is -2.32. The Morgan fingerprint density at radius 3 is 2.85 bits per heavy atom. The molecule has 2 aromatic heterocycles. The van der Waals surface area contributed by atoms with Crippen molar-refractivity contribution in [1.29, 1.82) is 0 Å². The van der Waals surface area contributed by atoms with Crippen molar-refractivity contribution in [1.82, 2.24) is 19.9 Å². The van der Waals surface area contributed by atoms with Crippen molar-refractivity contribution < 1.29 is 4.74 Å². The number of rotatable bonds is 6. The number of hydrogen-bond donors (Lipinski definition) is 3. The summed E-state index contributed by atoms with van der Waals surface area (Å²) in [6, 6.07) is 8.51. The quantitative estimate of drug-likeness (QED) is 0.630. The molecule has 0 amide bonds. The summed E-state index contributed by atoms with van der Waals surface area (Å²) in [6.07, 6.45) is 1.96. The Morgan fingerprint density at radius 2 is 2.08 bits per heavy atom. The number of nitrogens with one attached hydrogen (secondary N) is 2. The van der Waals surface area contributed by atoms with E-state index in [0.717, 1.165) is 41.2 Å². The van der Waals surface area contributed by atoms with Gasteiger partial charge in [-0.05, 0) is 37.5 Å². The maximum absolute atomic E-state index is 5.93. The van der Waals surface area contributed by atoms with Gasteiger partial charge in [-0.2, -0.15) is 0 Å². The van der Waals surface area contributed by atoms with Gasteiger partial charge in [0.2, 0.25) is 0 Å². The van der Waals surface area contributed by atoms with Crippen molar-refractivity contribution in [2.24, 2.45) is 5.73 Å². The van der Waals surface area contributed by atoms with Crippen LogP contribution in [0.1, 0.15) is 41.7 Å². The van der Waals surface area contributed by atoms with Crippen LogP contribution in [0.3, 0.4) is 0 Å². The number of anilines is 1. The van der Waals surface area contributed by atoms with Crippen LogP contribution in [0.4, 0.5) is 5.82 Å². The summed E-state index contributed by atoms with van der Waals surface area (Å²) in [6.45, 7) is 3.04. The summed E-state index contributed by atoms with van der Waals surface area (Å²) in [5.41, 5.74) is 10.2. The van der Waals surface area contributed by atoms with E-state index in [-0.39, 0.29) is 6.04 Å². The maximum Gasteiger partial charge on any atom is 0.156 e. The number of aromatic nitrogens is 4. The third-order valence-corrected chi connectivity index (χ3v) is 4.78. The molecule has 1 fully saturated rings. The van der Waals surface area contributed by atoms with Gasteiger partial charge in [0, 0.05) is 30.8 Å². The van der Waals surface area contributed by atoms with Crippen LogP contribution < -0.4 is 11.1 Å². The number of hydrogen-bond acceptors (Lipinski definition) is 6. The number of methoxy groups -OCH3 is 1. The Morgan fingerprint density at radius 1 is 1.23 bits per heavy atom. The summed E-state index contributed by atoms with van der Waals surface area (Å²) in [7, 11) is 1.65. The van der Waals surface area contributed by atoms with E-state index in [9.17, 15) is 0 Å². The van der Waals surface area contributed by atoms with Crippen LogP contribution in [0.15, 0.2) is 24.3 Å². The predicted octanol–water partition coefficient (Wildman–Crippen LogP) is 2.62. The summed E-state index contributed by atoms with van der Waals surface area (Å²) in [5.74, 6) is 2.77. The van der Waals surface area contributed by atoms with E-state index >= 15 is 0 Å². The van der Waals surface area contributed by atoms with Gasteiger partial charge in [-0.15, -0.1) is 0 Å². The van der Waals surface area contributed by atoms with E-state index in [4.69, 9.17) is 10.5 Å². The van der Waals surface area contributed by atoms with E-state index in [1.807, 2.05) is 12.1 Å². The molecule has 0 saturated heterocycles. The highest BCUT2D eigenvalue weighted by atomic mass is 16.5. The lowest BCUT2D eigenvalue weighted by Crippen LogP contribution is -2.35. The summed E-state index contributed by atoms with van der Waals surface area (Å²) in [5, 5.41) is 3.36. The van der Waals surface area contributed by atoms with Gasteiger partial charge in [0.05, 0.1) is 17.6 Å². The second-order valence-electron chi connectivity index (χ2n) is 7.01. The number of nitrogens with two attached hydrogens (primary N) is 1. The maximum atomic E-state index is 5.93. The predicted molar refractivity (Wildman–Crippen MR) is 101 cm³/mol. The highest BCUT2D eigenvalue weighted by molar-refractivity contribution is 5.75. The van der Waals surface area contributed by atoms with Crippen LogP contribution in [-0.2, 0) is 17.9 Å². The van der Waals surface area contributed by atoms with Crippen molar-refractivity contribution in [3.05, 3.63) is 47.2 Å². The Kier molecular flexibility index (Phi) is 4.57. The number of fused-ring (bicyclic) bond motifs is 1. The lowest BCUT2D eigenvalue weighted by molar-refractivity contribution is 0.177. The van der Waals surface area contributed by atoms with Crippen molar-refractivity contribution in [3.63, 3.8) is 0 Å². The molecule has 0 radical (unpaired) electrons. The van der Waals surface area contributed by atoms with Gasteiger partial charge in [0.15, 0.2) is 5.82 Å². The van der Waals surface area contributed by atoms with Gasteiger partial charge >= 0.3 is 0 Å². The molecule has 26 heavy (non-hydrogen) atoms. The van der Waals surface area contributed by atoms with Crippen molar-refractivity contribution in [2.75, 3.05) is 12.4 Å². The van der Waals surface area contributed by atoms with Gasteiger partial charge in [-0.25, -0.2) is 15.0 Å². The van der Waals surface area contributed by atoms with Crippen molar-refractivity contribution >= 4 is 16.9 Å². The lowest BCUT2D eigenvalue weighted by atomic mass is 9.78. The Labute approximate surface area is 152 Å². The van der Waals surface area contributed by atoms with E-state index in [0.29, 0.717) is 24.9 Å². The zero-order valence-corrected chi connectivity index (χ0v) is 15.1. The molecule has 0 aliphatic heterocycles. The smallest absolute Gasteiger partial charge is 0.156 e.